The highest BCUT2D eigenvalue weighted by Gasteiger charge is 2.37. The maximum atomic E-state index is 12.3. The first-order valence-electron chi connectivity index (χ1n) is 7.20. The molecule has 2 aromatic rings. The molecule has 0 N–H and O–H groups in total. The summed E-state index contributed by atoms with van der Waals surface area (Å²) in [6.07, 6.45) is -3.07. The van der Waals surface area contributed by atoms with Crippen molar-refractivity contribution >= 4 is 0 Å². The van der Waals surface area contributed by atoms with Crippen LogP contribution in [0.5, 0.6) is 0 Å². The van der Waals surface area contributed by atoms with Gasteiger partial charge in [-0.2, -0.15) is 13.2 Å². The molecule has 1 aromatic carbocycles. The van der Waals surface area contributed by atoms with E-state index in [1.807, 2.05) is 35.2 Å². The van der Waals surface area contributed by atoms with Crippen molar-refractivity contribution in [1.29, 1.82) is 0 Å². The molecule has 1 aliphatic rings. The van der Waals surface area contributed by atoms with Crippen LogP contribution in [0.3, 0.4) is 0 Å². The van der Waals surface area contributed by atoms with Gasteiger partial charge in [-0.25, -0.2) is 4.68 Å². The van der Waals surface area contributed by atoms with Crippen molar-refractivity contribution in [3.05, 3.63) is 47.8 Å². The number of rotatable bonds is 5. The third kappa shape index (κ3) is 3.85. The van der Waals surface area contributed by atoms with Crippen LogP contribution < -0.4 is 0 Å². The van der Waals surface area contributed by atoms with Gasteiger partial charge in [-0.05, 0) is 11.5 Å². The van der Waals surface area contributed by atoms with Crippen LogP contribution in [0.15, 0.2) is 36.5 Å². The third-order valence-corrected chi connectivity index (χ3v) is 3.81. The van der Waals surface area contributed by atoms with E-state index in [2.05, 4.69) is 10.3 Å². The Kier molecular flexibility index (Phi) is 4.15. The second-order valence-electron chi connectivity index (χ2n) is 5.75. The monoisotopic (exact) mass is 310 g/mol. The summed E-state index contributed by atoms with van der Waals surface area (Å²) in [6.45, 7) is 2.18. The highest BCUT2D eigenvalue weighted by atomic mass is 19.4. The zero-order valence-electron chi connectivity index (χ0n) is 12.0. The van der Waals surface area contributed by atoms with Crippen molar-refractivity contribution in [3.63, 3.8) is 0 Å². The Hall–Kier alpha value is -1.89. The van der Waals surface area contributed by atoms with E-state index in [0.29, 0.717) is 26.2 Å². The Balaban J connectivity index is 1.54. The molecule has 0 unspecified atom stereocenters. The summed E-state index contributed by atoms with van der Waals surface area (Å²) >= 11 is 0. The van der Waals surface area contributed by atoms with E-state index in [1.54, 1.807) is 10.9 Å². The molecule has 1 saturated heterocycles. The molecule has 4 nitrogen and oxygen atoms in total. The molecule has 0 bridgehead atoms. The molecule has 0 spiro atoms. The second-order valence-corrected chi connectivity index (χ2v) is 5.75. The SMILES string of the molecule is FC(F)(F)CC1CN(Cc2cnnn2Cc2ccccc2)C1. The van der Waals surface area contributed by atoms with Crippen molar-refractivity contribution < 1.29 is 13.2 Å². The lowest BCUT2D eigenvalue weighted by Gasteiger charge is -2.39. The Bertz CT molecular complexity index is 603. The highest BCUT2D eigenvalue weighted by Crippen LogP contribution is 2.30. The molecule has 0 atom stereocenters. The molecule has 1 aliphatic heterocycles. The maximum Gasteiger partial charge on any atom is 0.389 e. The quantitative estimate of drug-likeness (QED) is 0.851. The molecule has 2 heterocycles. The second kappa shape index (κ2) is 6.08. The molecule has 118 valence electrons. The molecular formula is C15H17F3N4. The van der Waals surface area contributed by atoms with Gasteiger partial charge in [0.15, 0.2) is 0 Å². The number of benzene rings is 1. The largest absolute Gasteiger partial charge is 0.389 e. The number of alkyl halides is 3. The van der Waals surface area contributed by atoms with Crippen LogP contribution in [0.1, 0.15) is 17.7 Å². The molecule has 7 heteroatoms. The molecule has 0 aliphatic carbocycles. The van der Waals surface area contributed by atoms with E-state index in [-0.39, 0.29) is 5.92 Å². The highest BCUT2D eigenvalue weighted by molar-refractivity contribution is 5.15. The average Bonchev–Trinajstić information content (AvgIpc) is 2.83. The van der Waals surface area contributed by atoms with Crippen molar-refractivity contribution in [2.75, 3.05) is 13.1 Å². The lowest BCUT2D eigenvalue weighted by molar-refractivity contribution is -0.156. The molecule has 22 heavy (non-hydrogen) atoms. The van der Waals surface area contributed by atoms with Gasteiger partial charge in [0.05, 0.1) is 18.4 Å². The topological polar surface area (TPSA) is 34.0 Å². The molecule has 0 amide bonds. The van der Waals surface area contributed by atoms with Crippen molar-refractivity contribution in [1.82, 2.24) is 19.9 Å². The standard InChI is InChI=1S/C15H17F3N4/c16-15(17,18)6-13-8-21(9-13)11-14-7-19-20-22(14)10-12-4-2-1-3-5-12/h1-5,7,13H,6,8-11H2. The number of aromatic nitrogens is 3. The first kappa shape index (κ1) is 15.0. The van der Waals surface area contributed by atoms with Gasteiger partial charge in [-0.3, -0.25) is 4.90 Å². The van der Waals surface area contributed by atoms with Crippen LogP contribution in [0.25, 0.3) is 0 Å². The Morgan fingerprint density at radius 1 is 1.09 bits per heavy atom. The first-order chi connectivity index (χ1) is 10.5. The van der Waals surface area contributed by atoms with Crippen LogP contribution in [-0.2, 0) is 13.1 Å². The summed E-state index contributed by atoms with van der Waals surface area (Å²) in [5, 5.41) is 7.98. The van der Waals surface area contributed by atoms with E-state index in [9.17, 15) is 13.2 Å². The third-order valence-electron chi connectivity index (χ3n) is 3.81. The molecule has 3 rings (SSSR count). The van der Waals surface area contributed by atoms with Crippen LogP contribution in [0, 0.1) is 5.92 Å². The summed E-state index contributed by atoms with van der Waals surface area (Å²) in [5.74, 6) is -0.279. The zero-order chi connectivity index (χ0) is 15.6. The van der Waals surface area contributed by atoms with Gasteiger partial charge in [0.25, 0.3) is 0 Å². The van der Waals surface area contributed by atoms with Gasteiger partial charge >= 0.3 is 6.18 Å². The fourth-order valence-electron chi connectivity index (χ4n) is 2.78. The summed E-state index contributed by atoms with van der Waals surface area (Å²) in [5.41, 5.74) is 2.04. The van der Waals surface area contributed by atoms with Crippen LogP contribution >= 0.6 is 0 Å². The van der Waals surface area contributed by atoms with Gasteiger partial charge in [0.2, 0.25) is 0 Å². The minimum atomic E-state index is -4.06. The lowest BCUT2D eigenvalue weighted by Crippen LogP contribution is -2.47. The Labute approximate surface area is 126 Å². The van der Waals surface area contributed by atoms with E-state index in [0.717, 1.165) is 11.3 Å². The van der Waals surface area contributed by atoms with Crippen LogP contribution in [0.4, 0.5) is 13.2 Å². The summed E-state index contributed by atoms with van der Waals surface area (Å²) in [4.78, 5) is 2.00. The Morgan fingerprint density at radius 2 is 1.82 bits per heavy atom. The normalized spacial score (nSPS) is 16.7. The van der Waals surface area contributed by atoms with Crippen molar-refractivity contribution in [3.8, 4) is 0 Å². The van der Waals surface area contributed by atoms with Crippen LogP contribution in [0.2, 0.25) is 0 Å². The van der Waals surface area contributed by atoms with E-state index in [1.165, 1.54) is 0 Å². The maximum absolute atomic E-state index is 12.3. The first-order valence-corrected chi connectivity index (χ1v) is 7.20. The predicted molar refractivity (Wildman–Crippen MR) is 75.0 cm³/mol. The van der Waals surface area contributed by atoms with E-state index in [4.69, 9.17) is 0 Å². The molecular weight excluding hydrogens is 293 g/mol. The van der Waals surface area contributed by atoms with E-state index >= 15 is 0 Å². The fraction of sp³-hybridized carbons (Fsp3) is 0.467. The molecule has 0 radical (unpaired) electrons. The summed E-state index contributed by atoms with van der Waals surface area (Å²) < 4.78 is 38.7. The Morgan fingerprint density at radius 3 is 2.50 bits per heavy atom. The van der Waals surface area contributed by atoms with Crippen LogP contribution in [-0.4, -0.2) is 39.2 Å². The zero-order valence-corrected chi connectivity index (χ0v) is 12.0. The van der Waals surface area contributed by atoms with E-state index < -0.39 is 12.6 Å². The number of halogens is 3. The van der Waals surface area contributed by atoms with Crippen molar-refractivity contribution in [2.45, 2.75) is 25.7 Å². The molecule has 0 saturated carbocycles. The smallest absolute Gasteiger partial charge is 0.297 e. The minimum Gasteiger partial charge on any atom is -0.297 e. The van der Waals surface area contributed by atoms with Gasteiger partial charge < -0.3 is 0 Å². The fourth-order valence-corrected chi connectivity index (χ4v) is 2.78. The average molecular weight is 310 g/mol. The summed E-state index contributed by atoms with van der Waals surface area (Å²) in [7, 11) is 0. The number of nitrogens with zero attached hydrogens (tertiary/aromatic N) is 4. The summed E-state index contributed by atoms with van der Waals surface area (Å²) in [6, 6.07) is 9.89. The lowest BCUT2D eigenvalue weighted by atomic mass is 9.96. The van der Waals surface area contributed by atoms with Crippen molar-refractivity contribution in [2.24, 2.45) is 5.92 Å². The van der Waals surface area contributed by atoms with Gasteiger partial charge in [0, 0.05) is 26.1 Å². The molecule has 1 aromatic heterocycles. The number of hydrogen-bond donors (Lipinski definition) is 0. The predicted octanol–water partition coefficient (Wildman–Crippen LogP) is 2.71. The number of hydrogen-bond acceptors (Lipinski definition) is 3. The minimum absolute atomic E-state index is 0.279. The molecule has 1 fully saturated rings. The van der Waals surface area contributed by atoms with Gasteiger partial charge in [-0.15, -0.1) is 5.10 Å². The van der Waals surface area contributed by atoms with Gasteiger partial charge in [0.1, 0.15) is 0 Å². The number of likely N-dealkylation sites (tertiary alicyclic amines) is 1. The van der Waals surface area contributed by atoms with Gasteiger partial charge in [-0.1, -0.05) is 35.5 Å².